The number of piperidine rings is 1. The molecule has 0 aromatic carbocycles. The second kappa shape index (κ2) is 8.26. The first kappa shape index (κ1) is 15.3. The zero-order valence-electron chi connectivity index (χ0n) is 13.2. The Morgan fingerprint density at radius 3 is 2.47 bits per heavy atom. The van der Waals surface area contributed by atoms with Crippen molar-refractivity contribution in [2.24, 2.45) is 11.8 Å². The zero-order chi connectivity index (χ0) is 13.5. The highest BCUT2D eigenvalue weighted by molar-refractivity contribution is 4.83. The van der Waals surface area contributed by atoms with Gasteiger partial charge < -0.3 is 10.2 Å². The van der Waals surface area contributed by atoms with Crippen LogP contribution in [0.2, 0.25) is 0 Å². The number of hydrogen-bond donors (Lipinski definition) is 1. The number of nitrogens with one attached hydrogen (secondary N) is 1. The standard InChI is InChI=1S/C17H34N2/c1-3-11-18-17-8-6-4-5-7-16(17)14-19-12-9-15(2)10-13-19/h15-18H,3-14H2,1-2H3. The Morgan fingerprint density at radius 1 is 1.00 bits per heavy atom. The lowest BCUT2D eigenvalue weighted by Gasteiger charge is -2.35. The minimum atomic E-state index is 0.793. The Labute approximate surface area is 120 Å². The molecule has 0 radical (unpaired) electrons. The Bertz CT molecular complexity index is 233. The van der Waals surface area contributed by atoms with E-state index in [0.29, 0.717) is 0 Å². The van der Waals surface area contributed by atoms with Crippen molar-refractivity contribution in [2.45, 2.75) is 71.3 Å². The van der Waals surface area contributed by atoms with Crippen molar-refractivity contribution in [2.75, 3.05) is 26.2 Å². The Morgan fingerprint density at radius 2 is 1.74 bits per heavy atom. The Kier molecular flexibility index (Phi) is 6.66. The van der Waals surface area contributed by atoms with Crippen LogP contribution in [0.15, 0.2) is 0 Å². The number of hydrogen-bond acceptors (Lipinski definition) is 2. The van der Waals surface area contributed by atoms with Crippen LogP contribution in [-0.4, -0.2) is 37.1 Å². The molecule has 1 aliphatic carbocycles. The first-order chi connectivity index (χ1) is 9.29. The molecule has 1 saturated heterocycles. The molecule has 2 heteroatoms. The molecule has 2 atom stereocenters. The summed E-state index contributed by atoms with van der Waals surface area (Å²) in [5.74, 6) is 1.86. The van der Waals surface area contributed by atoms with Crippen LogP contribution >= 0.6 is 0 Å². The minimum absolute atomic E-state index is 0.793. The van der Waals surface area contributed by atoms with Crippen molar-refractivity contribution in [3.05, 3.63) is 0 Å². The van der Waals surface area contributed by atoms with Crippen LogP contribution in [0.3, 0.4) is 0 Å². The predicted octanol–water partition coefficient (Wildman–Crippen LogP) is 3.67. The van der Waals surface area contributed by atoms with Gasteiger partial charge in [0.2, 0.25) is 0 Å². The SMILES string of the molecule is CCCNC1CCCCCC1CN1CCC(C)CC1. The van der Waals surface area contributed by atoms with E-state index in [1.807, 2.05) is 0 Å². The van der Waals surface area contributed by atoms with Crippen molar-refractivity contribution < 1.29 is 0 Å². The highest BCUT2D eigenvalue weighted by Crippen LogP contribution is 2.26. The van der Waals surface area contributed by atoms with Gasteiger partial charge in [-0.25, -0.2) is 0 Å². The lowest BCUT2D eigenvalue weighted by Crippen LogP contribution is -2.44. The van der Waals surface area contributed by atoms with E-state index in [1.165, 1.54) is 77.5 Å². The molecule has 0 bridgehead atoms. The Hall–Kier alpha value is -0.0800. The summed E-state index contributed by atoms with van der Waals surface area (Å²) in [6.07, 6.45) is 11.3. The van der Waals surface area contributed by atoms with E-state index in [1.54, 1.807) is 0 Å². The smallest absolute Gasteiger partial charge is 0.0107 e. The third kappa shape index (κ3) is 5.07. The van der Waals surface area contributed by atoms with Gasteiger partial charge in [-0.15, -0.1) is 0 Å². The molecule has 0 aromatic heterocycles. The van der Waals surface area contributed by atoms with Crippen molar-refractivity contribution in [3.8, 4) is 0 Å². The second-order valence-electron chi connectivity index (χ2n) is 6.94. The minimum Gasteiger partial charge on any atom is -0.314 e. The molecule has 0 aromatic rings. The summed E-state index contributed by atoms with van der Waals surface area (Å²) in [7, 11) is 0. The average Bonchev–Trinajstić information content (AvgIpc) is 2.64. The summed E-state index contributed by atoms with van der Waals surface area (Å²) in [4.78, 5) is 2.75. The van der Waals surface area contributed by atoms with E-state index >= 15 is 0 Å². The van der Waals surface area contributed by atoms with Crippen LogP contribution in [0.5, 0.6) is 0 Å². The first-order valence-corrected chi connectivity index (χ1v) is 8.75. The third-order valence-electron chi connectivity index (χ3n) is 5.18. The lowest BCUT2D eigenvalue weighted by atomic mass is 9.92. The van der Waals surface area contributed by atoms with Crippen LogP contribution in [-0.2, 0) is 0 Å². The van der Waals surface area contributed by atoms with Gasteiger partial charge in [-0.1, -0.05) is 33.1 Å². The van der Waals surface area contributed by atoms with Crippen molar-refractivity contribution in [1.29, 1.82) is 0 Å². The predicted molar refractivity (Wildman–Crippen MR) is 83.5 cm³/mol. The van der Waals surface area contributed by atoms with Gasteiger partial charge in [0.05, 0.1) is 0 Å². The van der Waals surface area contributed by atoms with Crippen LogP contribution in [0.25, 0.3) is 0 Å². The maximum absolute atomic E-state index is 3.83. The van der Waals surface area contributed by atoms with Gasteiger partial charge in [0.25, 0.3) is 0 Å². The van der Waals surface area contributed by atoms with E-state index in [0.717, 1.165) is 17.9 Å². The maximum Gasteiger partial charge on any atom is 0.0107 e. The topological polar surface area (TPSA) is 15.3 Å². The summed E-state index contributed by atoms with van der Waals surface area (Å²) < 4.78 is 0. The van der Waals surface area contributed by atoms with Crippen molar-refractivity contribution in [1.82, 2.24) is 10.2 Å². The fourth-order valence-corrected chi connectivity index (χ4v) is 3.78. The Balaban J connectivity index is 1.82. The van der Waals surface area contributed by atoms with E-state index in [-0.39, 0.29) is 0 Å². The molecule has 19 heavy (non-hydrogen) atoms. The van der Waals surface area contributed by atoms with Crippen LogP contribution in [0, 0.1) is 11.8 Å². The molecule has 2 fully saturated rings. The van der Waals surface area contributed by atoms with Crippen molar-refractivity contribution >= 4 is 0 Å². The van der Waals surface area contributed by atoms with Gasteiger partial charge in [-0.05, 0) is 63.6 Å². The van der Waals surface area contributed by atoms with E-state index in [2.05, 4.69) is 24.1 Å². The average molecular weight is 266 g/mol. The second-order valence-corrected chi connectivity index (χ2v) is 6.94. The molecule has 2 rings (SSSR count). The highest BCUT2D eigenvalue weighted by atomic mass is 15.1. The molecule has 2 aliphatic rings. The van der Waals surface area contributed by atoms with E-state index < -0.39 is 0 Å². The monoisotopic (exact) mass is 266 g/mol. The van der Waals surface area contributed by atoms with Gasteiger partial charge in [0, 0.05) is 12.6 Å². The lowest BCUT2D eigenvalue weighted by molar-refractivity contribution is 0.147. The van der Waals surface area contributed by atoms with Crippen LogP contribution in [0.1, 0.15) is 65.2 Å². The third-order valence-corrected chi connectivity index (χ3v) is 5.18. The van der Waals surface area contributed by atoms with Crippen LogP contribution < -0.4 is 5.32 Å². The molecule has 1 saturated carbocycles. The van der Waals surface area contributed by atoms with E-state index in [4.69, 9.17) is 0 Å². The maximum atomic E-state index is 3.83. The fourth-order valence-electron chi connectivity index (χ4n) is 3.78. The molecular weight excluding hydrogens is 232 g/mol. The summed E-state index contributed by atoms with van der Waals surface area (Å²) in [6.45, 7) is 9.95. The van der Waals surface area contributed by atoms with Crippen LogP contribution in [0.4, 0.5) is 0 Å². The summed E-state index contributed by atoms with van der Waals surface area (Å²) in [6, 6.07) is 0.793. The van der Waals surface area contributed by atoms with Gasteiger partial charge in [0.15, 0.2) is 0 Å². The fraction of sp³-hybridized carbons (Fsp3) is 1.00. The number of rotatable bonds is 5. The quantitative estimate of drug-likeness (QED) is 0.764. The summed E-state index contributed by atoms with van der Waals surface area (Å²) in [5, 5.41) is 3.83. The summed E-state index contributed by atoms with van der Waals surface area (Å²) in [5.41, 5.74) is 0. The molecule has 1 heterocycles. The molecule has 1 N–H and O–H groups in total. The summed E-state index contributed by atoms with van der Waals surface area (Å²) >= 11 is 0. The molecule has 0 amide bonds. The van der Waals surface area contributed by atoms with Crippen molar-refractivity contribution in [3.63, 3.8) is 0 Å². The molecule has 0 spiro atoms. The molecule has 1 aliphatic heterocycles. The van der Waals surface area contributed by atoms with Gasteiger partial charge in [0.1, 0.15) is 0 Å². The van der Waals surface area contributed by atoms with Gasteiger partial charge in [-0.3, -0.25) is 0 Å². The largest absolute Gasteiger partial charge is 0.314 e. The number of likely N-dealkylation sites (tertiary alicyclic amines) is 1. The first-order valence-electron chi connectivity index (χ1n) is 8.75. The van der Waals surface area contributed by atoms with Gasteiger partial charge >= 0.3 is 0 Å². The molecular formula is C17H34N2. The zero-order valence-corrected chi connectivity index (χ0v) is 13.2. The number of nitrogens with zero attached hydrogens (tertiary/aromatic N) is 1. The van der Waals surface area contributed by atoms with E-state index in [9.17, 15) is 0 Å². The molecule has 2 nitrogen and oxygen atoms in total. The van der Waals surface area contributed by atoms with Gasteiger partial charge in [-0.2, -0.15) is 0 Å². The highest BCUT2D eigenvalue weighted by Gasteiger charge is 2.26. The normalized spacial score (nSPS) is 31.3. The molecule has 112 valence electrons. The molecule has 2 unspecified atom stereocenters.